The van der Waals surface area contributed by atoms with Crippen molar-refractivity contribution in [2.75, 3.05) is 14.2 Å². The van der Waals surface area contributed by atoms with Crippen molar-refractivity contribution in [1.82, 2.24) is 0 Å². The number of carboxylic acid groups (broad SMARTS) is 1. The molecular formula is C13H12O5. The van der Waals surface area contributed by atoms with Gasteiger partial charge >= 0.3 is 5.97 Å². The monoisotopic (exact) mass is 248 g/mol. The summed E-state index contributed by atoms with van der Waals surface area (Å²) in [6, 6.07) is 5.95. The summed E-state index contributed by atoms with van der Waals surface area (Å²) in [5.74, 6) is -0.344. The lowest BCUT2D eigenvalue weighted by Gasteiger charge is -2.12. The van der Waals surface area contributed by atoms with Gasteiger partial charge in [0, 0.05) is 10.8 Å². The molecule has 0 saturated carbocycles. The quantitative estimate of drug-likeness (QED) is 0.871. The lowest BCUT2D eigenvalue weighted by Crippen LogP contribution is -1.97. The van der Waals surface area contributed by atoms with Crippen molar-refractivity contribution in [1.29, 1.82) is 0 Å². The maximum atomic E-state index is 11.0. The fourth-order valence-corrected chi connectivity index (χ4v) is 1.86. The van der Waals surface area contributed by atoms with Gasteiger partial charge in [0.25, 0.3) is 0 Å². The normalized spacial score (nSPS) is 10.3. The van der Waals surface area contributed by atoms with E-state index < -0.39 is 5.97 Å². The Morgan fingerprint density at radius 3 is 2.39 bits per heavy atom. The van der Waals surface area contributed by atoms with E-state index in [-0.39, 0.29) is 11.3 Å². The highest BCUT2D eigenvalue weighted by atomic mass is 16.5. The minimum Gasteiger partial charge on any atom is -0.507 e. The zero-order valence-corrected chi connectivity index (χ0v) is 9.93. The second-order valence-corrected chi connectivity index (χ2v) is 3.70. The van der Waals surface area contributed by atoms with E-state index in [1.165, 1.54) is 26.4 Å². The molecule has 5 nitrogen and oxygen atoms in total. The number of fused-ring (bicyclic) bond motifs is 1. The topological polar surface area (TPSA) is 76.0 Å². The molecule has 2 rings (SSSR count). The molecule has 0 unspecified atom stereocenters. The Hall–Kier alpha value is -2.43. The molecule has 0 bridgehead atoms. The van der Waals surface area contributed by atoms with Crippen molar-refractivity contribution in [2.45, 2.75) is 0 Å². The van der Waals surface area contributed by atoms with Gasteiger partial charge in [0.05, 0.1) is 19.8 Å². The van der Waals surface area contributed by atoms with Gasteiger partial charge in [-0.1, -0.05) is 0 Å². The third-order valence-electron chi connectivity index (χ3n) is 2.70. The predicted molar refractivity (Wildman–Crippen MR) is 65.7 cm³/mol. The molecule has 18 heavy (non-hydrogen) atoms. The van der Waals surface area contributed by atoms with E-state index in [9.17, 15) is 9.90 Å². The molecule has 0 spiro atoms. The Morgan fingerprint density at radius 1 is 1.11 bits per heavy atom. The minimum absolute atomic E-state index is 0.00782. The van der Waals surface area contributed by atoms with Crippen LogP contribution in [0.4, 0.5) is 0 Å². The predicted octanol–water partition coefficient (Wildman–Crippen LogP) is 2.26. The standard InChI is InChI=1S/C13H12O5/c1-17-11-4-3-8-9(12(11)18-2)5-7(13(15)16)6-10(8)14/h3-6,14H,1-2H3,(H,15,16). The first-order valence-corrected chi connectivity index (χ1v) is 5.19. The fourth-order valence-electron chi connectivity index (χ4n) is 1.86. The Labute approximate surface area is 103 Å². The highest BCUT2D eigenvalue weighted by Gasteiger charge is 2.14. The molecule has 94 valence electrons. The third-order valence-corrected chi connectivity index (χ3v) is 2.70. The van der Waals surface area contributed by atoms with Gasteiger partial charge in [0.1, 0.15) is 5.75 Å². The molecule has 0 aliphatic heterocycles. The summed E-state index contributed by atoms with van der Waals surface area (Å²) >= 11 is 0. The van der Waals surface area contributed by atoms with E-state index >= 15 is 0 Å². The third kappa shape index (κ3) is 1.79. The van der Waals surface area contributed by atoms with Crippen LogP contribution in [-0.2, 0) is 0 Å². The van der Waals surface area contributed by atoms with Crippen LogP contribution in [-0.4, -0.2) is 30.4 Å². The Kier molecular flexibility index (Phi) is 2.97. The summed E-state index contributed by atoms with van der Waals surface area (Å²) < 4.78 is 10.3. The number of benzene rings is 2. The minimum atomic E-state index is -1.11. The summed E-state index contributed by atoms with van der Waals surface area (Å²) in [5.41, 5.74) is -0.00782. The molecule has 0 radical (unpaired) electrons. The van der Waals surface area contributed by atoms with E-state index in [1.807, 2.05) is 0 Å². The van der Waals surface area contributed by atoms with Crippen molar-refractivity contribution in [3.05, 3.63) is 29.8 Å². The molecule has 0 fully saturated rings. The average molecular weight is 248 g/mol. The first-order valence-electron chi connectivity index (χ1n) is 5.19. The number of carbonyl (C=O) groups is 1. The second kappa shape index (κ2) is 4.44. The van der Waals surface area contributed by atoms with Crippen molar-refractivity contribution in [3.63, 3.8) is 0 Å². The zero-order valence-electron chi connectivity index (χ0n) is 9.93. The Morgan fingerprint density at radius 2 is 1.83 bits per heavy atom. The molecule has 5 heteroatoms. The number of phenolic OH excluding ortho intramolecular Hbond substituents is 1. The van der Waals surface area contributed by atoms with E-state index in [0.29, 0.717) is 22.3 Å². The van der Waals surface area contributed by atoms with Crippen LogP contribution in [0.2, 0.25) is 0 Å². The number of hydrogen-bond acceptors (Lipinski definition) is 4. The maximum Gasteiger partial charge on any atom is 0.335 e. The van der Waals surface area contributed by atoms with E-state index in [1.54, 1.807) is 12.1 Å². The van der Waals surface area contributed by atoms with Crippen LogP contribution in [0.3, 0.4) is 0 Å². The van der Waals surface area contributed by atoms with Gasteiger partial charge in [0.15, 0.2) is 11.5 Å². The van der Waals surface area contributed by atoms with Crippen molar-refractivity contribution >= 4 is 16.7 Å². The number of ether oxygens (including phenoxy) is 2. The van der Waals surface area contributed by atoms with E-state index in [0.717, 1.165) is 0 Å². The summed E-state index contributed by atoms with van der Waals surface area (Å²) in [6.45, 7) is 0. The number of methoxy groups -OCH3 is 2. The number of carboxylic acids is 1. The molecule has 0 heterocycles. The Balaban J connectivity index is 2.85. The number of hydrogen-bond donors (Lipinski definition) is 2. The van der Waals surface area contributed by atoms with Crippen molar-refractivity contribution < 1.29 is 24.5 Å². The molecular weight excluding hydrogens is 236 g/mol. The van der Waals surface area contributed by atoms with Gasteiger partial charge in [0.2, 0.25) is 0 Å². The molecule has 2 N–H and O–H groups in total. The summed E-state index contributed by atoms with van der Waals surface area (Å²) in [4.78, 5) is 11.0. The second-order valence-electron chi connectivity index (χ2n) is 3.70. The lowest BCUT2D eigenvalue weighted by molar-refractivity contribution is 0.0696. The van der Waals surface area contributed by atoms with Gasteiger partial charge < -0.3 is 19.7 Å². The van der Waals surface area contributed by atoms with Gasteiger partial charge in [-0.2, -0.15) is 0 Å². The van der Waals surface area contributed by atoms with Gasteiger partial charge in [-0.15, -0.1) is 0 Å². The number of aromatic carboxylic acids is 1. The fraction of sp³-hybridized carbons (Fsp3) is 0.154. The molecule has 0 aromatic heterocycles. The summed E-state index contributed by atoms with van der Waals surface area (Å²) in [5, 5.41) is 19.8. The largest absolute Gasteiger partial charge is 0.507 e. The number of aromatic hydroxyl groups is 1. The van der Waals surface area contributed by atoms with Gasteiger partial charge in [-0.05, 0) is 24.3 Å². The van der Waals surface area contributed by atoms with Crippen molar-refractivity contribution in [2.24, 2.45) is 0 Å². The molecule has 2 aromatic rings. The zero-order chi connectivity index (χ0) is 13.3. The summed E-state index contributed by atoms with van der Waals surface area (Å²) in [6.07, 6.45) is 0. The van der Waals surface area contributed by atoms with Crippen LogP contribution in [0.5, 0.6) is 17.2 Å². The molecule has 0 amide bonds. The van der Waals surface area contributed by atoms with E-state index in [2.05, 4.69) is 0 Å². The Bertz CT molecular complexity index is 618. The molecule has 0 aliphatic carbocycles. The smallest absolute Gasteiger partial charge is 0.335 e. The van der Waals surface area contributed by atoms with Crippen LogP contribution in [0.1, 0.15) is 10.4 Å². The highest BCUT2D eigenvalue weighted by molar-refractivity contribution is 6.01. The first kappa shape index (κ1) is 12.0. The van der Waals surface area contributed by atoms with Crippen LogP contribution >= 0.6 is 0 Å². The molecule has 0 saturated heterocycles. The number of phenols is 1. The first-order chi connectivity index (χ1) is 8.58. The number of rotatable bonds is 3. The average Bonchev–Trinajstić information content (AvgIpc) is 2.36. The van der Waals surface area contributed by atoms with Gasteiger partial charge in [-0.3, -0.25) is 0 Å². The van der Waals surface area contributed by atoms with Crippen LogP contribution in [0.25, 0.3) is 10.8 Å². The SMILES string of the molecule is COc1ccc2c(O)cc(C(=O)O)cc2c1OC. The van der Waals surface area contributed by atoms with Crippen molar-refractivity contribution in [3.8, 4) is 17.2 Å². The maximum absolute atomic E-state index is 11.0. The molecule has 0 atom stereocenters. The summed E-state index contributed by atoms with van der Waals surface area (Å²) in [7, 11) is 2.95. The van der Waals surface area contributed by atoms with Crippen LogP contribution in [0.15, 0.2) is 24.3 Å². The van der Waals surface area contributed by atoms with Gasteiger partial charge in [-0.25, -0.2) is 4.79 Å². The van der Waals surface area contributed by atoms with E-state index in [4.69, 9.17) is 14.6 Å². The molecule has 0 aliphatic rings. The van der Waals surface area contributed by atoms with Crippen LogP contribution in [0, 0.1) is 0 Å². The highest BCUT2D eigenvalue weighted by Crippen LogP contribution is 2.39. The molecule has 2 aromatic carbocycles. The van der Waals surface area contributed by atoms with Crippen LogP contribution < -0.4 is 9.47 Å². The lowest BCUT2D eigenvalue weighted by atomic mass is 10.0.